The van der Waals surface area contributed by atoms with Crippen LogP contribution in [0.2, 0.25) is 0 Å². The van der Waals surface area contributed by atoms with Gasteiger partial charge in [0.1, 0.15) is 10.6 Å². The smallest absolute Gasteiger partial charge is 0.255 e. The van der Waals surface area contributed by atoms with Crippen molar-refractivity contribution in [3.8, 4) is 0 Å². The molecule has 0 radical (unpaired) electrons. The molecule has 1 aliphatic rings. The highest BCUT2D eigenvalue weighted by molar-refractivity contribution is 7.11. The summed E-state index contributed by atoms with van der Waals surface area (Å²) in [5.41, 5.74) is 11.2. The Morgan fingerprint density at radius 1 is 1.44 bits per heavy atom. The van der Waals surface area contributed by atoms with Gasteiger partial charge in [-0.15, -0.1) is 0 Å². The summed E-state index contributed by atoms with van der Waals surface area (Å²) in [6.45, 7) is 0.846. The second-order valence-corrected chi connectivity index (χ2v) is 5.63. The third-order valence-electron chi connectivity index (χ3n) is 3.51. The molecule has 5 N–H and O–H groups in total. The molecule has 1 aromatic heterocycles. The second-order valence-electron chi connectivity index (χ2n) is 4.86. The van der Waals surface area contributed by atoms with Crippen molar-refractivity contribution in [2.75, 3.05) is 17.6 Å². The van der Waals surface area contributed by atoms with Gasteiger partial charge in [-0.3, -0.25) is 4.79 Å². The molecule has 0 spiro atoms. The third kappa shape index (κ3) is 3.13. The fraction of sp³-hybridized carbons (Fsp3) is 0.667. The van der Waals surface area contributed by atoms with Crippen molar-refractivity contribution < 1.29 is 4.79 Å². The zero-order chi connectivity index (χ0) is 13.0. The van der Waals surface area contributed by atoms with Crippen molar-refractivity contribution in [2.24, 2.45) is 11.7 Å². The van der Waals surface area contributed by atoms with E-state index in [2.05, 4.69) is 9.69 Å². The third-order valence-corrected chi connectivity index (χ3v) is 4.33. The first-order chi connectivity index (χ1) is 8.68. The van der Waals surface area contributed by atoms with E-state index in [0.717, 1.165) is 18.9 Å². The SMILES string of the molecule is NC(=O)c1c(N)nsc1NCCCC1CCCC1. The Kier molecular flexibility index (Phi) is 4.41. The number of hydrogen-bond donors (Lipinski definition) is 3. The van der Waals surface area contributed by atoms with Crippen molar-refractivity contribution in [3.63, 3.8) is 0 Å². The maximum absolute atomic E-state index is 11.2. The van der Waals surface area contributed by atoms with Crippen LogP contribution >= 0.6 is 11.5 Å². The van der Waals surface area contributed by atoms with Gasteiger partial charge in [0.05, 0.1) is 0 Å². The van der Waals surface area contributed by atoms with E-state index in [1.165, 1.54) is 43.6 Å². The Hall–Kier alpha value is -1.30. The number of nitrogens with one attached hydrogen (secondary N) is 1. The van der Waals surface area contributed by atoms with Gasteiger partial charge in [-0.25, -0.2) is 0 Å². The maximum Gasteiger partial charge on any atom is 0.255 e. The fourth-order valence-corrected chi connectivity index (χ4v) is 3.30. The van der Waals surface area contributed by atoms with Gasteiger partial charge in [0, 0.05) is 6.54 Å². The summed E-state index contributed by atoms with van der Waals surface area (Å²) in [5, 5.41) is 3.91. The van der Waals surface area contributed by atoms with E-state index in [-0.39, 0.29) is 5.82 Å². The van der Waals surface area contributed by atoms with E-state index in [4.69, 9.17) is 11.5 Å². The number of rotatable bonds is 6. The Balaban J connectivity index is 1.77. The van der Waals surface area contributed by atoms with Crippen LogP contribution in [-0.4, -0.2) is 16.8 Å². The molecule has 1 amide bonds. The van der Waals surface area contributed by atoms with Crippen LogP contribution in [0.5, 0.6) is 0 Å². The number of nitrogen functional groups attached to an aromatic ring is 1. The molecule has 0 bridgehead atoms. The largest absolute Gasteiger partial charge is 0.382 e. The summed E-state index contributed by atoms with van der Waals surface area (Å²) in [6.07, 6.45) is 7.89. The molecule has 1 saturated carbocycles. The van der Waals surface area contributed by atoms with Crippen molar-refractivity contribution in [1.82, 2.24) is 4.37 Å². The first kappa shape index (κ1) is 13.1. The Labute approximate surface area is 111 Å². The molecular formula is C12H20N4OS. The number of carbonyl (C=O) groups is 1. The van der Waals surface area contributed by atoms with Crippen LogP contribution in [0.3, 0.4) is 0 Å². The van der Waals surface area contributed by atoms with Crippen LogP contribution in [0.25, 0.3) is 0 Å². The van der Waals surface area contributed by atoms with Gasteiger partial charge in [0.15, 0.2) is 5.82 Å². The molecule has 1 heterocycles. The van der Waals surface area contributed by atoms with Crippen LogP contribution in [0.15, 0.2) is 0 Å². The van der Waals surface area contributed by atoms with E-state index in [0.29, 0.717) is 10.6 Å². The topological polar surface area (TPSA) is 94.0 Å². The molecule has 1 fully saturated rings. The summed E-state index contributed by atoms with van der Waals surface area (Å²) in [6, 6.07) is 0. The van der Waals surface area contributed by atoms with Gasteiger partial charge >= 0.3 is 0 Å². The van der Waals surface area contributed by atoms with E-state index < -0.39 is 5.91 Å². The molecular weight excluding hydrogens is 248 g/mol. The van der Waals surface area contributed by atoms with E-state index >= 15 is 0 Å². The Bertz CT molecular complexity index is 412. The number of carbonyl (C=O) groups excluding carboxylic acids is 1. The molecule has 6 heteroatoms. The lowest BCUT2D eigenvalue weighted by Gasteiger charge is -2.09. The van der Waals surface area contributed by atoms with Gasteiger partial charge in [-0.2, -0.15) is 4.37 Å². The molecule has 0 unspecified atom stereocenters. The average molecular weight is 268 g/mol. The lowest BCUT2D eigenvalue weighted by molar-refractivity contribution is 0.100. The first-order valence-electron chi connectivity index (χ1n) is 6.47. The minimum atomic E-state index is -0.514. The summed E-state index contributed by atoms with van der Waals surface area (Å²) < 4.78 is 3.95. The van der Waals surface area contributed by atoms with Gasteiger partial charge in [-0.05, 0) is 30.3 Å². The highest BCUT2D eigenvalue weighted by Crippen LogP contribution is 2.29. The van der Waals surface area contributed by atoms with Crippen molar-refractivity contribution in [3.05, 3.63) is 5.56 Å². The molecule has 0 saturated heterocycles. The molecule has 0 aliphatic heterocycles. The lowest BCUT2D eigenvalue weighted by Crippen LogP contribution is -2.15. The summed E-state index contributed by atoms with van der Waals surface area (Å²) >= 11 is 1.20. The van der Waals surface area contributed by atoms with Gasteiger partial charge in [0.25, 0.3) is 5.91 Å². The molecule has 0 atom stereocenters. The highest BCUT2D eigenvalue weighted by Gasteiger charge is 2.17. The average Bonchev–Trinajstić information content (AvgIpc) is 2.94. The zero-order valence-electron chi connectivity index (χ0n) is 10.4. The first-order valence-corrected chi connectivity index (χ1v) is 7.24. The van der Waals surface area contributed by atoms with Gasteiger partial charge < -0.3 is 16.8 Å². The van der Waals surface area contributed by atoms with E-state index in [1.807, 2.05) is 0 Å². The molecule has 1 aliphatic carbocycles. The monoisotopic (exact) mass is 268 g/mol. The Morgan fingerprint density at radius 3 is 2.83 bits per heavy atom. The number of hydrogen-bond acceptors (Lipinski definition) is 5. The van der Waals surface area contributed by atoms with Crippen LogP contribution in [0.1, 0.15) is 48.9 Å². The molecule has 18 heavy (non-hydrogen) atoms. The number of amides is 1. The fourth-order valence-electron chi connectivity index (χ4n) is 2.55. The predicted octanol–water partition coefficient (Wildman–Crippen LogP) is 2.21. The predicted molar refractivity (Wildman–Crippen MR) is 74.7 cm³/mol. The summed E-state index contributed by atoms with van der Waals surface area (Å²) in [5.74, 6) is 0.610. The molecule has 100 valence electrons. The van der Waals surface area contributed by atoms with Crippen LogP contribution < -0.4 is 16.8 Å². The number of aromatic nitrogens is 1. The van der Waals surface area contributed by atoms with E-state index in [1.54, 1.807) is 0 Å². The molecule has 0 aromatic carbocycles. The number of nitrogens with two attached hydrogens (primary N) is 2. The summed E-state index contributed by atoms with van der Waals surface area (Å²) in [4.78, 5) is 11.2. The molecule has 2 rings (SSSR count). The minimum Gasteiger partial charge on any atom is -0.382 e. The lowest BCUT2D eigenvalue weighted by atomic mass is 10.0. The quantitative estimate of drug-likeness (QED) is 0.689. The zero-order valence-corrected chi connectivity index (χ0v) is 11.3. The van der Waals surface area contributed by atoms with Crippen LogP contribution in [0.4, 0.5) is 10.8 Å². The van der Waals surface area contributed by atoms with Gasteiger partial charge in [-0.1, -0.05) is 25.7 Å². The number of nitrogens with zero attached hydrogens (tertiary/aromatic N) is 1. The van der Waals surface area contributed by atoms with Crippen molar-refractivity contribution in [2.45, 2.75) is 38.5 Å². The molecule has 5 nitrogen and oxygen atoms in total. The van der Waals surface area contributed by atoms with Crippen molar-refractivity contribution in [1.29, 1.82) is 0 Å². The maximum atomic E-state index is 11.2. The normalized spacial score (nSPS) is 16.0. The second kappa shape index (κ2) is 6.04. The van der Waals surface area contributed by atoms with Crippen LogP contribution in [0, 0.1) is 5.92 Å². The molecule has 1 aromatic rings. The standard InChI is InChI=1S/C12H20N4OS/c13-10-9(11(14)17)12(18-16-10)15-7-3-6-8-4-1-2-5-8/h8,15H,1-7H2,(H2,13,16)(H2,14,17). The minimum absolute atomic E-state index is 0.228. The summed E-state index contributed by atoms with van der Waals surface area (Å²) in [7, 11) is 0. The van der Waals surface area contributed by atoms with Gasteiger partial charge in [0.2, 0.25) is 0 Å². The highest BCUT2D eigenvalue weighted by atomic mass is 32.1. The number of anilines is 2. The van der Waals surface area contributed by atoms with E-state index in [9.17, 15) is 4.79 Å². The number of primary amides is 1. The van der Waals surface area contributed by atoms with Crippen LogP contribution in [-0.2, 0) is 0 Å². The van der Waals surface area contributed by atoms with Crippen molar-refractivity contribution >= 4 is 28.3 Å². The Morgan fingerprint density at radius 2 is 2.17 bits per heavy atom.